The van der Waals surface area contributed by atoms with E-state index in [1.807, 2.05) is 24.3 Å². The molecule has 0 radical (unpaired) electrons. The number of ether oxygens (including phenoxy) is 1. The monoisotopic (exact) mass is 500 g/mol. The van der Waals surface area contributed by atoms with Crippen molar-refractivity contribution in [3.8, 4) is 5.75 Å². The number of imide groups is 1. The van der Waals surface area contributed by atoms with Crippen molar-refractivity contribution >= 4 is 29.1 Å². The lowest BCUT2D eigenvalue weighted by molar-refractivity contribution is -0.122. The summed E-state index contributed by atoms with van der Waals surface area (Å²) < 4.78 is 5.23. The number of methoxy groups -OCH3 is 1. The molecule has 6 nitrogen and oxygen atoms in total. The van der Waals surface area contributed by atoms with E-state index in [2.05, 4.69) is 29.6 Å². The molecule has 2 atom stereocenters. The highest BCUT2D eigenvalue weighted by molar-refractivity contribution is 6.23. The fraction of sp³-hybridized carbons (Fsp3) is 0.156. The first kappa shape index (κ1) is 22.5. The summed E-state index contributed by atoms with van der Waals surface area (Å²) in [5.74, 6) is -1.39. The molecule has 6 heteroatoms. The van der Waals surface area contributed by atoms with Crippen molar-refractivity contribution in [3.05, 3.63) is 125 Å². The minimum absolute atomic E-state index is 0.168. The van der Waals surface area contributed by atoms with Gasteiger partial charge in [-0.25, -0.2) is 4.90 Å². The molecule has 0 unspecified atom stereocenters. The zero-order valence-corrected chi connectivity index (χ0v) is 20.6. The van der Waals surface area contributed by atoms with E-state index >= 15 is 0 Å². The first-order valence-corrected chi connectivity index (χ1v) is 12.7. The first-order valence-electron chi connectivity index (χ1n) is 12.7. The lowest BCUT2D eigenvalue weighted by Gasteiger charge is -2.45. The van der Waals surface area contributed by atoms with Gasteiger partial charge in [0.05, 0.1) is 24.6 Å². The van der Waals surface area contributed by atoms with Gasteiger partial charge in [-0.2, -0.15) is 0 Å². The second-order valence-electron chi connectivity index (χ2n) is 10.0. The predicted molar refractivity (Wildman–Crippen MR) is 143 cm³/mol. The molecule has 186 valence electrons. The van der Waals surface area contributed by atoms with Gasteiger partial charge in [0.25, 0.3) is 5.91 Å². The Hall–Kier alpha value is -4.71. The number of carbonyl (C=O) groups excluding carboxylic acids is 3. The number of anilines is 2. The van der Waals surface area contributed by atoms with Crippen LogP contribution >= 0.6 is 0 Å². The van der Waals surface area contributed by atoms with Gasteiger partial charge in [0, 0.05) is 29.2 Å². The summed E-state index contributed by atoms with van der Waals surface area (Å²) in [6.07, 6.45) is 0. The Morgan fingerprint density at radius 2 is 1.26 bits per heavy atom. The van der Waals surface area contributed by atoms with Gasteiger partial charge >= 0.3 is 0 Å². The molecule has 2 bridgehead atoms. The average molecular weight is 501 g/mol. The minimum Gasteiger partial charge on any atom is -0.497 e. The van der Waals surface area contributed by atoms with Crippen LogP contribution in [0.2, 0.25) is 0 Å². The van der Waals surface area contributed by atoms with Crippen molar-refractivity contribution in [2.24, 2.45) is 11.8 Å². The Morgan fingerprint density at radius 1 is 0.711 bits per heavy atom. The molecular weight excluding hydrogens is 476 g/mol. The van der Waals surface area contributed by atoms with E-state index in [9.17, 15) is 14.4 Å². The van der Waals surface area contributed by atoms with Gasteiger partial charge in [-0.3, -0.25) is 14.4 Å². The van der Waals surface area contributed by atoms with Gasteiger partial charge in [-0.05, 0) is 52.6 Å². The Kier molecular flexibility index (Phi) is 4.98. The Bertz CT molecular complexity index is 1530. The molecule has 3 amide bonds. The summed E-state index contributed by atoms with van der Waals surface area (Å²) in [6, 6.07) is 30.1. The van der Waals surface area contributed by atoms with Crippen LogP contribution in [0.1, 0.15) is 44.4 Å². The number of benzene rings is 4. The summed E-state index contributed by atoms with van der Waals surface area (Å²) in [4.78, 5) is 42.4. The quantitative estimate of drug-likeness (QED) is 0.384. The van der Waals surface area contributed by atoms with E-state index < -0.39 is 11.8 Å². The minimum atomic E-state index is -0.466. The molecular formula is C32H24N2O4. The molecule has 1 aliphatic heterocycles. The number of hydrogen-bond donors (Lipinski definition) is 1. The topological polar surface area (TPSA) is 75.7 Å². The third-order valence-corrected chi connectivity index (χ3v) is 8.14. The van der Waals surface area contributed by atoms with Gasteiger partial charge in [0.2, 0.25) is 11.8 Å². The van der Waals surface area contributed by atoms with Gasteiger partial charge in [-0.15, -0.1) is 0 Å². The standard InChI is InChI=1S/C32H24N2O4/c1-38-21-11-7-9-19(17-21)33-30(35)18-8-6-10-20(16-18)34-31(36)28-26-22-12-2-3-13-23(22)27(29(28)32(34)37)25-15-5-4-14-24(25)26/h2-17,26-29H,1H3,(H,33,35)/t26?,27?,28-,29+. The third-order valence-electron chi connectivity index (χ3n) is 8.14. The van der Waals surface area contributed by atoms with Gasteiger partial charge < -0.3 is 10.1 Å². The van der Waals surface area contributed by atoms with Crippen LogP contribution in [0.3, 0.4) is 0 Å². The van der Waals surface area contributed by atoms with Crippen molar-refractivity contribution in [2.45, 2.75) is 11.8 Å². The van der Waals surface area contributed by atoms with Crippen molar-refractivity contribution in [1.29, 1.82) is 0 Å². The Morgan fingerprint density at radius 3 is 1.82 bits per heavy atom. The smallest absolute Gasteiger partial charge is 0.255 e. The molecule has 0 aromatic heterocycles. The van der Waals surface area contributed by atoms with Crippen molar-refractivity contribution in [1.82, 2.24) is 0 Å². The van der Waals surface area contributed by atoms with Crippen LogP contribution in [0.5, 0.6) is 5.75 Å². The lowest BCUT2D eigenvalue weighted by atomic mass is 9.55. The summed E-state index contributed by atoms with van der Waals surface area (Å²) in [5, 5.41) is 2.86. The SMILES string of the molecule is COc1cccc(NC(=O)c2cccc(N3C(=O)[C@@H]4C5c6ccccc6C(c6ccccc65)[C@@H]4C3=O)c2)c1. The highest BCUT2D eigenvalue weighted by atomic mass is 16.5. The molecule has 1 heterocycles. The van der Waals surface area contributed by atoms with E-state index in [0.717, 1.165) is 22.3 Å². The average Bonchev–Trinajstić information content (AvgIpc) is 3.23. The van der Waals surface area contributed by atoms with E-state index in [-0.39, 0.29) is 29.6 Å². The molecule has 1 fully saturated rings. The summed E-state index contributed by atoms with van der Waals surface area (Å²) in [5.41, 5.74) is 5.89. The van der Waals surface area contributed by atoms with E-state index in [1.165, 1.54) is 4.90 Å². The summed E-state index contributed by atoms with van der Waals surface area (Å²) >= 11 is 0. The van der Waals surface area contributed by atoms with Crippen LogP contribution in [0, 0.1) is 11.8 Å². The zero-order valence-electron chi connectivity index (χ0n) is 20.6. The van der Waals surface area contributed by atoms with Crippen LogP contribution in [0.15, 0.2) is 97.1 Å². The molecule has 4 aliphatic rings. The van der Waals surface area contributed by atoms with Gasteiger partial charge in [0.1, 0.15) is 5.75 Å². The van der Waals surface area contributed by atoms with Gasteiger partial charge in [0.15, 0.2) is 0 Å². The van der Waals surface area contributed by atoms with Crippen LogP contribution in [0.4, 0.5) is 11.4 Å². The number of nitrogens with one attached hydrogen (secondary N) is 1. The summed E-state index contributed by atoms with van der Waals surface area (Å²) in [6.45, 7) is 0. The number of carbonyl (C=O) groups is 3. The third kappa shape index (κ3) is 3.16. The molecule has 4 aromatic carbocycles. The molecule has 1 saturated heterocycles. The number of rotatable bonds is 4. The molecule has 8 rings (SSSR count). The molecule has 3 aliphatic carbocycles. The lowest BCUT2D eigenvalue weighted by Crippen LogP contribution is -2.41. The second-order valence-corrected chi connectivity index (χ2v) is 10.0. The van der Waals surface area contributed by atoms with E-state index in [0.29, 0.717) is 22.7 Å². The van der Waals surface area contributed by atoms with Gasteiger partial charge in [-0.1, -0.05) is 60.7 Å². The predicted octanol–water partition coefficient (Wildman–Crippen LogP) is 5.34. The maximum absolute atomic E-state index is 14.0. The highest BCUT2D eigenvalue weighted by Crippen LogP contribution is 2.61. The molecule has 0 spiro atoms. The van der Waals surface area contributed by atoms with Crippen LogP contribution < -0.4 is 15.0 Å². The van der Waals surface area contributed by atoms with E-state index in [4.69, 9.17) is 4.74 Å². The fourth-order valence-corrected chi connectivity index (χ4v) is 6.62. The largest absolute Gasteiger partial charge is 0.497 e. The molecule has 1 N–H and O–H groups in total. The zero-order chi connectivity index (χ0) is 26.0. The van der Waals surface area contributed by atoms with Crippen LogP contribution in [0.25, 0.3) is 0 Å². The molecule has 38 heavy (non-hydrogen) atoms. The molecule has 0 saturated carbocycles. The maximum Gasteiger partial charge on any atom is 0.255 e. The normalized spacial score (nSPS) is 22.5. The fourth-order valence-electron chi connectivity index (χ4n) is 6.62. The summed E-state index contributed by atoms with van der Waals surface area (Å²) in [7, 11) is 1.56. The Balaban J connectivity index is 1.25. The van der Waals surface area contributed by atoms with Crippen molar-refractivity contribution < 1.29 is 19.1 Å². The van der Waals surface area contributed by atoms with Crippen LogP contribution in [-0.4, -0.2) is 24.8 Å². The highest BCUT2D eigenvalue weighted by Gasteiger charge is 2.61. The second kappa shape index (κ2) is 8.42. The number of hydrogen-bond acceptors (Lipinski definition) is 4. The van der Waals surface area contributed by atoms with Crippen LogP contribution in [-0.2, 0) is 9.59 Å². The Labute approximate surface area is 219 Å². The first-order chi connectivity index (χ1) is 18.6. The maximum atomic E-state index is 14.0. The van der Waals surface area contributed by atoms with Crippen molar-refractivity contribution in [3.63, 3.8) is 0 Å². The van der Waals surface area contributed by atoms with Crippen molar-refractivity contribution in [2.75, 3.05) is 17.3 Å². The van der Waals surface area contributed by atoms with E-state index in [1.54, 1.807) is 55.6 Å². The number of amides is 3. The molecule has 4 aromatic rings. The number of nitrogens with zero attached hydrogens (tertiary/aromatic N) is 1.